The summed E-state index contributed by atoms with van der Waals surface area (Å²) in [5, 5.41) is 4.26. The lowest BCUT2D eigenvalue weighted by Crippen LogP contribution is -2.13. The number of anilines is 1. The van der Waals surface area contributed by atoms with Crippen LogP contribution in [0.2, 0.25) is 0 Å². The summed E-state index contributed by atoms with van der Waals surface area (Å²) >= 11 is 1.34. The van der Waals surface area contributed by atoms with E-state index in [2.05, 4.69) is 10.3 Å². The molecule has 82 valence electrons. The highest BCUT2D eigenvalue weighted by Gasteiger charge is 2.09. The van der Waals surface area contributed by atoms with Crippen LogP contribution in [0.15, 0.2) is 29.1 Å². The molecule has 16 heavy (non-hydrogen) atoms. The molecule has 0 bridgehead atoms. The normalized spacial score (nSPS) is 10.1. The van der Waals surface area contributed by atoms with E-state index < -0.39 is 0 Å². The molecule has 0 unspecified atom stereocenters. The van der Waals surface area contributed by atoms with Gasteiger partial charge in [-0.1, -0.05) is 6.07 Å². The molecule has 0 fully saturated rings. The van der Waals surface area contributed by atoms with Crippen molar-refractivity contribution in [2.45, 2.75) is 6.92 Å². The van der Waals surface area contributed by atoms with Crippen LogP contribution in [0, 0.1) is 12.7 Å². The Balaban J connectivity index is 2.21. The number of aryl methyl sites for hydroxylation is 1. The van der Waals surface area contributed by atoms with Gasteiger partial charge in [-0.2, -0.15) is 0 Å². The minimum absolute atomic E-state index is 0.324. The number of hydrogen-bond acceptors (Lipinski definition) is 3. The van der Waals surface area contributed by atoms with Crippen molar-refractivity contribution in [3.05, 3.63) is 46.2 Å². The van der Waals surface area contributed by atoms with Crippen molar-refractivity contribution in [3.63, 3.8) is 0 Å². The van der Waals surface area contributed by atoms with E-state index in [4.69, 9.17) is 0 Å². The first-order chi connectivity index (χ1) is 7.66. The number of rotatable bonds is 2. The van der Waals surface area contributed by atoms with Gasteiger partial charge >= 0.3 is 0 Å². The van der Waals surface area contributed by atoms with Crippen molar-refractivity contribution < 1.29 is 9.18 Å². The van der Waals surface area contributed by atoms with Crippen molar-refractivity contribution in [3.8, 4) is 0 Å². The van der Waals surface area contributed by atoms with Gasteiger partial charge in [-0.3, -0.25) is 4.79 Å². The maximum absolute atomic E-state index is 13.0. The van der Waals surface area contributed by atoms with Gasteiger partial charge in [0.05, 0.1) is 5.51 Å². The smallest absolute Gasteiger partial charge is 0.275 e. The molecular weight excluding hydrogens is 227 g/mol. The van der Waals surface area contributed by atoms with Gasteiger partial charge in [-0.25, -0.2) is 9.37 Å². The minimum atomic E-state index is -0.376. The number of carbonyl (C=O) groups excluding carboxylic acids is 1. The number of thiazole rings is 1. The zero-order chi connectivity index (χ0) is 11.5. The number of hydrogen-bond donors (Lipinski definition) is 1. The SMILES string of the molecule is Cc1ccc(F)cc1NC(=O)c1cscn1. The summed E-state index contributed by atoms with van der Waals surface area (Å²) in [7, 11) is 0. The lowest BCUT2D eigenvalue weighted by atomic mass is 10.2. The third-order valence-electron chi connectivity index (χ3n) is 2.11. The molecule has 1 N–H and O–H groups in total. The predicted molar refractivity (Wildman–Crippen MR) is 61.2 cm³/mol. The number of amides is 1. The first-order valence-electron chi connectivity index (χ1n) is 4.62. The Hall–Kier alpha value is -1.75. The van der Waals surface area contributed by atoms with Crippen LogP contribution in [0.3, 0.4) is 0 Å². The van der Waals surface area contributed by atoms with Crippen LogP contribution in [0.5, 0.6) is 0 Å². The molecule has 1 amide bonds. The van der Waals surface area contributed by atoms with Gasteiger partial charge in [0.2, 0.25) is 0 Å². The van der Waals surface area contributed by atoms with Gasteiger partial charge < -0.3 is 5.32 Å². The zero-order valence-corrected chi connectivity index (χ0v) is 9.34. The molecule has 2 aromatic rings. The van der Waals surface area contributed by atoms with Gasteiger partial charge in [0.1, 0.15) is 11.5 Å². The molecule has 1 aromatic heterocycles. The Labute approximate surface area is 96.0 Å². The summed E-state index contributed by atoms with van der Waals surface area (Å²) in [4.78, 5) is 15.5. The summed E-state index contributed by atoms with van der Waals surface area (Å²) in [6, 6.07) is 4.26. The highest BCUT2D eigenvalue weighted by molar-refractivity contribution is 7.07. The van der Waals surface area contributed by atoms with E-state index in [9.17, 15) is 9.18 Å². The summed E-state index contributed by atoms with van der Waals surface area (Å²) in [6.07, 6.45) is 0. The Morgan fingerprint density at radius 2 is 2.31 bits per heavy atom. The maximum Gasteiger partial charge on any atom is 0.275 e. The van der Waals surface area contributed by atoms with Crippen LogP contribution in [0.1, 0.15) is 16.1 Å². The van der Waals surface area contributed by atoms with Crippen molar-refractivity contribution >= 4 is 22.9 Å². The van der Waals surface area contributed by atoms with Crippen LogP contribution in [-0.4, -0.2) is 10.9 Å². The van der Waals surface area contributed by atoms with E-state index in [0.717, 1.165) is 5.56 Å². The first kappa shape index (κ1) is 10.8. The highest BCUT2D eigenvalue weighted by Crippen LogP contribution is 2.17. The Morgan fingerprint density at radius 1 is 1.50 bits per heavy atom. The van der Waals surface area contributed by atoms with Gasteiger partial charge in [0.25, 0.3) is 5.91 Å². The molecule has 1 aromatic carbocycles. The highest BCUT2D eigenvalue weighted by atomic mass is 32.1. The second-order valence-electron chi connectivity index (χ2n) is 3.29. The number of nitrogens with zero attached hydrogens (tertiary/aromatic N) is 1. The molecule has 0 spiro atoms. The first-order valence-corrected chi connectivity index (χ1v) is 5.57. The average molecular weight is 236 g/mol. The molecule has 1 heterocycles. The molecule has 0 aliphatic rings. The molecule has 0 saturated heterocycles. The lowest BCUT2D eigenvalue weighted by Gasteiger charge is -2.06. The Morgan fingerprint density at radius 3 is 3.00 bits per heavy atom. The monoisotopic (exact) mass is 236 g/mol. The van der Waals surface area contributed by atoms with Crippen LogP contribution in [0.4, 0.5) is 10.1 Å². The van der Waals surface area contributed by atoms with E-state index in [-0.39, 0.29) is 11.7 Å². The number of halogens is 1. The number of aromatic nitrogens is 1. The molecule has 0 saturated carbocycles. The van der Waals surface area contributed by atoms with Crippen molar-refractivity contribution in [1.29, 1.82) is 0 Å². The Bertz CT molecular complexity index is 511. The predicted octanol–water partition coefficient (Wildman–Crippen LogP) is 2.84. The average Bonchev–Trinajstić information content (AvgIpc) is 2.76. The van der Waals surface area contributed by atoms with Crippen molar-refractivity contribution in [1.82, 2.24) is 4.98 Å². The van der Waals surface area contributed by atoms with Crippen LogP contribution < -0.4 is 5.32 Å². The molecule has 0 aliphatic heterocycles. The molecule has 0 radical (unpaired) electrons. The summed E-state index contributed by atoms with van der Waals surface area (Å²) in [6.45, 7) is 1.80. The van der Waals surface area contributed by atoms with E-state index in [0.29, 0.717) is 11.4 Å². The van der Waals surface area contributed by atoms with Crippen molar-refractivity contribution in [2.24, 2.45) is 0 Å². The molecule has 0 atom stereocenters. The molecule has 0 aliphatic carbocycles. The number of carbonyl (C=O) groups is 1. The minimum Gasteiger partial charge on any atom is -0.320 e. The molecular formula is C11H9FN2OS. The topological polar surface area (TPSA) is 42.0 Å². The largest absolute Gasteiger partial charge is 0.320 e. The third-order valence-corrected chi connectivity index (χ3v) is 2.70. The molecule has 2 rings (SSSR count). The summed E-state index contributed by atoms with van der Waals surface area (Å²) in [5.74, 6) is -0.700. The second-order valence-corrected chi connectivity index (χ2v) is 4.01. The van der Waals surface area contributed by atoms with Crippen LogP contribution in [0.25, 0.3) is 0 Å². The standard InChI is InChI=1S/C11H9FN2OS/c1-7-2-3-8(12)4-9(7)14-11(15)10-5-16-6-13-10/h2-6H,1H3,(H,14,15). The van der Waals surface area contributed by atoms with Gasteiger partial charge in [-0.05, 0) is 24.6 Å². The number of nitrogens with one attached hydrogen (secondary N) is 1. The zero-order valence-electron chi connectivity index (χ0n) is 8.53. The second kappa shape index (κ2) is 4.40. The van der Waals surface area contributed by atoms with E-state index >= 15 is 0 Å². The van der Waals surface area contributed by atoms with Gasteiger partial charge in [0, 0.05) is 11.1 Å². The quantitative estimate of drug-likeness (QED) is 0.871. The third kappa shape index (κ3) is 2.25. The van der Waals surface area contributed by atoms with Crippen LogP contribution in [-0.2, 0) is 0 Å². The van der Waals surface area contributed by atoms with E-state index in [1.165, 1.54) is 23.5 Å². The summed E-state index contributed by atoms with van der Waals surface area (Å²) < 4.78 is 13.0. The van der Waals surface area contributed by atoms with Crippen molar-refractivity contribution in [2.75, 3.05) is 5.32 Å². The molecule has 5 heteroatoms. The lowest BCUT2D eigenvalue weighted by molar-refractivity contribution is 0.102. The Kier molecular flexibility index (Phi) is 2.96. The van der Waals surface area contributed by atoms with E-state index in [1.54, 1.807) is 23.9 Å². The fraction of sp³-hybridized carbons (Fsp3) is 0.0909. The fourth-order valence-corrected chi connectivity index (χ4v) is 1.77. The summed E-state index contributed by atoms with van der Waals surface area (Å²) in [5.41, 5.74) is 3.20. The fourth-order valence-electron chi connectivity index (χ4n) is 1.24. The van der Waals surface area contributed by atoms with E-state index in [1.807, 2.05) is 0 Å². The maximum atomic E-state index is 13.0. The van der Waals surface area contributed by atoms with Crippen LogP contribution >= 0.6 is 11.3 Å². The molecule has 3 nitrogen and oxygen atoms in total. The van der Waals surface area contributed by atoms with Gasteiger partial charge in [0.15, 0.2) is 0 Å². The number of benzene rings is 1. The van der Waals surface area contributed by atoms with Gasteiger partial charge in [-0.15, -0.1) is 11.3 Å².